The second-order valence-corrected chi connectivity index (χ2v) is 8.15. The molecule has 0 spiro atoms. The number of nitrogens with zero attached hydrogens (tertiary/aromatic N) is 2. The number of hydrogen-bond donors (Lipinski definition) is 0. The van der Waals surface area contributed by atoms with Crippen molar-refractivity contribution in [2.75, 3.05) is 18.5 Å². The van der Waals surface area contributed by atoms with Crippen LogP contribution in [0, 0.1) is 5.82 Å². The molecule has 3 aromatic rings. The Kier molecular flexibility index (Phi) is 5.91. The molecule has 0 saturated heterocycles. The molecule has 0 aliphatic rings. The lowest BCUT2D eigenvalue weighted by molar-refractivity contribution is -0.118. The Morgan fingerprint density at radius 2 is 1.68 bits per heavy atom. The summed E-state index contributed by atoms with van der Waals surface area (Å²) in [5.41, 5.74) is 0.622. The number of halogens is 1. The first kappa shape index (κ1) is 19.8. The molecule has 8 heteroatoms. The summed E-state index contributed by atoms with van der Waals surface area (Å²) in [4.78, 5) is 14.3. The Labute approximate surface area is 162 Å². The second kappa shape index (κ2) is 8.37. The summed E-state index contributed by atoms with van der Waals surface area (Å²) in [7, 11) is -2.62. The predicted octanol–water partition coefficient (Wildman–Crippen LogP) is 3.27. The first-order valence-corrected chi connectivity index (χ1v) is 9.91. The van der Waals surface area contributed by atoms with Crippen LogP contribution >= 0.6 is 0 Å². The van der Waals surface area contributed by atoms with Crippen molar-refractivity contribution in [3.8, 4) is 0 Å². The fourth-order valence-corrected chi connectivity index (χ4v) is 3.76. The highest BCUT2D eigenvalue weighted by molar-refractivity contribution is 7.89. The van der Waals surface area contributed by atoms with Crippen LogP contribution < -0.4 is 4.90 Å². The van der Waals surface area contributed by atoms with Crippen molar-refractivity contribution in [3.05, 3.63) is 84.6 Å². The number of anilines is 1. The number of sulfonamides is 1. The Morgan fingerprint density at radius 1 is 1.00 bits per heavy atom. The lowest BCUT2D eigenvalue weighted by atomic mass is 10.2. The normalized spacial score (nSPS) is 11.5. The molecule has 3 rings (SSSR count). The third-order valence-electron chi connectivity index (χ3n) is 4.14. The number of furan rings is 1. The highest BCUT2D eigenvalue weighted by Gasteiger charge is 2.26. The van der Waals surface area contributed by atoms with Crippen LogP contribution in [0.15, 0.2) is 82.3 Å². The minimum absolute atomic E-state index is 0.0819. The zero-order chi connectivity index (χ0) is 20.1. The molecule has 0 saturated carbocycles. The summed E-state index contributed by atoms with van der Waals surface area (Å²) < 4.78 is 44.7. The highest BCUT2D eigenvalue weighted by Crippen LogP contribution is 2.20. The Morgan fingerprint density at radius 3 is 2.29 bits per heavy atom. The van der Waals surface area contributed by atoms with Crippen LogP contribution in [0.1, 0.15) is 5.76 Å². The van der Waals surface area contributed by atoms with Crippen LogP contribution in [0.4, 0.5) is 10.1 Å². The van der Waals surface area contributed by atoms with Gasteiger partial charge >= 0.3 is 0 Å². The molecular formula is C20H19FN2O4S. The Hall–Kier alpha value is -2.97. The van der Waals surface area contributed by atoms with E-state index in [1.165, 1.54) is 30.3 Å². The SMILES string of the molecule is CN(CC(=O)N(Cc1ccco1)c1ccccc1)S(=O)(=O)c1ccc(F)cc1. The lowest BCUT2D eigenvalue weighted by Crippen LogP contribution is -2.41. The van der Waals surface area contributed by atoms with Crippen molar-refractivity contribution in [2.45, 2.75) is 11.4 Å². The summed E-state index contributed by atoms with van der Waals surface area (Å²) in [5.74, 6) is -0.386. The molecule has 6 nitrogen and oxygen atoms in total. The molecule has 146 valence electrons. The lowest BCUT2D eigenvalue weighted by Gasteiger charge is -2.25. The second-order valence-electron chi connectivity index (χ2n) is 6.11. The number of benzene rings is 2. The Balaban J connectivity index is 1.81. The summed E-state index contributed by atoms with van der Waals surface area (Å²) in [6, 6.07) is 16.8. The highest BCUT2D eigenvalue weighted by atomic mass is 32.2. The van der Waals surface area contributed by atoms with Gasteiger partial charge in [0.1, 0.15) is 11.6 Å². The molecule has 0 aliphatic carbocycles. The number of rotatable bonds is 7. The molecule has 0 atom stereocenters. The monoisotopic (exact) mass is 402 g/mol. The third-order valence-corrected chi connectivity index (χ3v) is 5.96. The van der Waals surface area contributed by atoms with Crippen LogP contribution in [-0.2, 0) is 21.4 Å². The maximum atomic E-state index is 13.1. The number of carbonyl (C=O) groups excluding carboxylic acids is 1. The van der Waals surface area contributed by atoms with Gasteiger partial charge < -0.3 is 9.32 Å². The first-order valence-electron chi connectivity index (χ1n) is 8.47. The van der Waals surface area contributed by atoms with Crippen LogP contribution in [0.2, 0.25) is 0 Å². The molecule has 0 aliphatic heterocycles. The number of likely N-dealkylation sites (N-methyl/N-ethyl adjacent to an activating group) is 1. The molecular weight excluding hydrogens is 383 g/mol. The number of hydrogen-bond acceptors (Lipinski definition) is 4. The van der Waals surface area contributed by atoms with E-state index in [1.54, 1.807) is 36.4 Å². The summed E-state index contributed by atoms with van der Waals surface area (Å²) in [5, 5.41) is 0. The van der Waals surface area contributed by atoms with Gasteiger partial charge in [-0.05, 0) is 48.5 Å². The molecule has 1 heterocycles. The third kappa shape index (κ3) is 4.47. The quantitative estimate of drug-likeness (QED) is 0.608. The van der Waals surface area contributed by atoms with E-state index in [4.69, 9.17) is 4.42 Å². The van der Waals surface area contributed by atoms with Gasteiger partial charge in [0.05, 0.1) is 24.2 Å². The zero-order valence-corrected chi connectivity index (χ0v) is 16.0. The van der Waals surface area contributed by atoms with Crippen molar-refractivity contribution < 1.29 is 22.0 Å². The van der Waals surface area contributed by atoms with Gasteiger partial charge in [-0.15, -0.1) is 0 Å². The fraction of sp³-hybridized carbons (Fsp3) is 0.150. The molecule has 0 bridgehead atoms. The van der Waals surface area contributed by atoms with E-state index >= 15 is 0 Å². The van der Waals surface area contributed by atoms with Gasteiger partial charge in [0.2, 0.25) is 15.9 Å². The van der Waals surface area contributed by atoms with Gasteiger partial charge in [-0.1, -0.05) is 18.2 Å². The van der Waals surface area contributed by atoms with Gasteiger partial charge in [-0.25, -0.2) is 12.8 Å². The predicted molar refractivity (Wildman–Crippen MR) is 103 cm³/mol. The summed E-state index contributed by atoms with van der Waals surface area (Å²) >= 11 is 0. The number of para-hydroxylation sites is 1. The van der Waals surface area contributed by atoms with E-state index in [2.05, 4.69) is 0 Å². The van der Waals surface area contributed by atoms with Crippen molar-refractivity contribution in [3.63, 3.8) is 0 Å². The van der Waals surface area contributed by atoms with Crippen molar-refractivity contribution in [1.82, 2.24) is 4.31 Å². The van der Waals surface area contributed by atoms with E-state index in [0.29, 0.717) is 11.4 Å². The van der Waals surface area contributed by atoms with Crippen molar-refractivity contribution in [2.24, 2.45) is 0 Å². The summed E-state index contributed by atoms with van der Waals surface area (Å²) in [6.45, 7) is -0.213. The fourth-order valence-electron chi connectivity index (χ4n) is 2.64. The molecule has 2 aromatic carbocycles. The number of amides is 1. The Bertz CT molecular complexity index is 1020. The average molecular weight is 402 g/mol. The van der Waals surface area contributed by atoms with Crippen LogP contribution in [0.25, 0.3) is 0 Å². The first-order chi connectivity index (χ1) is 13.4. The summed E-state index contributed by atoms with van der Waals surface area (Å²) in [6.07, 6.45) is 1.51. The number of carbonyl (C=O) groups is 1. The minimum Gasteiger partial charge on any atom is -0.467 e. The smallest absolute Gasteiger partial charge is 0.243 e. The maximum absolute atomic E-state index is 13.1. The molecule has 0 unspecified atom stereocenters. The topological polar surface area (TPSA) is 70.8 Å². The van der Waals surface area contributed by atoms with Gasteiger partial charge in [0.15, 0.2) is 0 Å². The van der Waals surface area contributed by atoms with Crippen LogP contribution in [0.5, 0.6) is 0 Å². The van der Waals surface area contributed by atoms with E-state index in [9.17, 15) is 17.6 Å². The molecule has 28 heavy (non-hydrogen) atoms. The van der Waals surface area contributed by atoms with E-state index in [-0.39, 0.29) is 18.0 Å². The van der Waals surface area contributed by atoms with Crippen molar-refractivity contribution in [1.29, 1.82) is 0 Å². The molecule has 0 N–H and O–H groups in total. The van der Waals surface area contributed by atoms with Gasteiger partial charge in [0.25, 0.3) is 0 Å². The standard InChI is InChI=1S/C20H19FN2O4S/c1-22(28(25,26)19-11-9-16(21)10-12-19)15-20(24)23(14-18-8-5-13-27-18)17-6-3-2-4-7-17/h2-13H,14-15H2,1H3. The van der Waals surface area contributed by atoms with E-state index in [0.717, 1.165) is 16.4 Å². The van der Waals surface area contributed by atoms with E-state index < -0.39 is 21.7 Å². The van der Waals surface area contributed by atoms with E-state index in [1.807, 2.05) is 6.07 Å². The molecule has 1 aromatic heterocycles. The largest absolute Gasteiger partial charge is 0.467 e. The van der Waals surface area contributed by atoms with Crippen LogP contribution in [-0.4, -0.2) is 32.2 Å². The zero-order valence-electron chi connectivity index (χ0n) is 15.2. The van der Waals surface area contributed by atoms with Crippen molar-refractivity contribution >= 4 is 21.6 Å². The maximum Gasteiger partial charge on any atom is 0.243 e. The van der Waals surface area contributed by atoms with Gasteiger partial charge in [0, 0.05) is 12.7 Å². The molecule has 1 amide bonds. The minimum atomic E-state index is -3.93. The molecule has 0 radical (unpaired) electrons. The molecule has 0 fully saturated rings. The van der Waals surface area contributed by atoms with Gasteiger partial charge in [-0.3, -0.25) is 4.79 Å². The average Bonchev–Trinajstić information content (AvgIpc) is 3.20. The van der Waals surface area contributed by atoms with Crippen LogP contribution in [0.3, 0.4) is 0 Å². The van der Waals surface area contributed by atoms with Gasteiger partial charge in [-0.2, -0.15) is 4.31 Å².